The summed E-state index contributed by atoms with van der Waals surface area (Å²) >= 11 is 8.16. The molecule has 0 spiro atoms. The highest BCUT2D eigenvalue weighted by Gasteiger charge is 2.09. The van der Waals surface area contributed by atoms with E-state index < -0.39 is 5.56 Å². The molecule has 0 saturated heterocycles. The Kier molecular flexibility index (Phi) is 5.35. The summed E-state index contributed by atoms with van der Waals surface area (Å²) in [6, 6.07) is 3.78. The minimum atomic E-state index is -0.406. The van der Waals surface area contributed by atoms with Crippen molar-refractivity contribution in [1.82, 2.24) is 14.8 Å². The van der Waals surface area contributed by atoms with Crippen LogP contribution in [0.25, 0.3) is 6.20 Å². The number of hydrogen-bond donors (Lipinski definition) is 0. The van der Waals surface area contributed by atoms with Crippen molar-refractivity contribution in [3.63, 3.8) is 0 Å². The van der Waals surface area contributed by atoms with E-state index in [2.05, 4.69) is 32.7 Å². The van der Waals surface area contributed by atoms with Gasteiger partial charge in [0.1, 0.15) is 10.3 Å². The molecule has 0 bridgehead atoms. The third-order valence-electron chi connectivity index (χ3n) is 2.48. The average Bonchev–Trinajstić information content (AvgIpc) is 2.44. The first-order valence-electron chi connectivity index (χ1n) is 6.13. The van der Waals surface area contributed by atoms with Crippen LogP contribution in [0, 0.1) is 3.70 Å². The predicted molar refractivity (Wildman–Crippen MR) is 90.4 cm³/mol. The molecule has 0 aliphatic heterocycles. The molecule has 0 fully saturated rings. The smallest absolute Gasteiger partial charge is 0.293 e. The lowest BCUT2D eigenvalue weighted by Crippen LogP contribution is -2.19. The third kappa shape index (κ3) is 4.28. The van der Waals surface area contributed by atoms with Crippen LogP contribution < -0.4 is 10.3 Å². The zero-order valence-electron chi connectivity index (χ0n) is 11.5. The van der Waals surface area contributed by atoms with Crippen LogP contribution >= 0.6 is 34.2 Å². The van der Waals surface area contributed by atoms with Gasteiger partial charge in [0.15, 0.2) is 10.8 Å². The first-order chi connectivity index (χ1) is 9.97. The Labute approximate surface area is 140 Å². The van der Waals surface area contributed by atoms with Crippen molar-refractivity contribution in [2.45, 2.75) is 20.5 Å². The first-order valence-corrected chi connectivity index (χ1v) is 7.58. The molecule has 0 saturated carbocycles. The van der Waals surface area contributed by atoms with Gasteiger partial charge in [-0.15, -0.1) is 0 Å². The number of pyridine rings is 1. The Morgan fingerprint density at radius 3 is 2.81 bits per heavy atom. The van der Waals surface area contributed by atoms with Crippen molar-refractivity contribution in [3.8, 4) is 5.75 Å². The molecule has 5 nitrogen and oxygen atoms in total. The fraction of sp³-hybridized carbons (Fsp3) is 0.214. The molecule has 0 aliphatic carbocycles. The lowest BCUT2D eigenvalue weighted by Gasteiger charge is -2.08. The van der Waals surface area contributed by atoms with Gasteiger partial charge < -0.3 is 4.74 Å². The second kappa shape index (κ2) is 7.04. The number of aromatic nitrogens is 3. The molecular formula is C14H13ClIN3O2. The maximum absolute atomic E-state index is 12.0. The molecule has 0 radical (unpaired) electrons. The summed E-state index contributed by atoms with van der Waals surface area (Å²) in [6.45, 7) is 4.02. The summed E-state index contributed by atoms with van der Waals surface area (Å²) in [7, 11) is 0. The summed E-state index contributed by atoms with van der Waals surface area (Å²) in [5, 5.41) is 4.02. The van der Waals surface area contributed by atoms with E-state index in [1.165, 1.54) is 10.9 Å². The summed E-state index contributed by atoms with van der Waals surface area (Å²) in [4.78, 5) is 16.2. The molecule has 0 atom stereocenters. The van der Waals surface area contributed by atoms with Crippen LogP contribution in [-0.4, -0.2) is 14.8 Å². The van der Waals surface area contributed by atoms with E-state index in [1.807, 2.05) is 26.0 Å². The summed E-state index contributed by atoms with van der Waals surface area (Å²) in [5.74, 6) is 0.263. The monoisotopic (exact) mass is 417 g/mol. The van der Waals surface area contributed by atoms with E-state index in [0.29, 0.717) is 0 Å². The number of ether oxygens (including phenoxy) is 1. The fourth-order valence-electron chi connectivity index (χ4n) is 1.52. The molecule has 2 aromatic rings. The van der Waals surface area contributed by atoms with Crippen molar-refractivity contribution >= 4 is 40.4 Å². The highest BCUT2D eigenvalue weighted by molar-refractivity contribution is 14.1. The first kappa shape index (κ1) is 16.0. The Morgan fingerprint density at radius 1 is 1.43 bits per heavy atom. The number of rotatable bonds is 4. The minimum absolute atomic E-state index is 0.0148. The van der Waals surface area contributed by atoms with Gasteiger partial charge in [-0.2, -0.15) is 5.10 Å². The van der Waals surface area contributed by atoms with Gasteiger partial charge >= 0.3 is 0 Å². The van der Waals surface area contributed by atoms with E-state index in [-0.39, 0.29) is 17.4 Å². The van der Waals surface area contributed by atoms with E-state index in [1.54, 1.807) is 12.4 Å². The van der Waals surface area contributed by atoms with Gasteiger partial charge in [0.05, 0.1) is 6.20 Å². The summed E-state index contributed by atoms with van der Waals surface area (Å²) < 4.78 is 7.63. The lowest BCUT2D eigenvalue weighted by atomic mass is 10.3. The minimum Gasteiger partial charge on any atom is -0.485 e. The van der Waals surface area contributed by atoms with Gasteiger partial charge in [-0.1, -0.05) is 23.2 Å². The van der Waals surface area contributed by atoms with E-state index in [9.17, 15) is 4.79 Å². The molecule has 0 aromatic carbocycles. The van der Waals surface area contributed by atoms with Crippen LogP contribution in [0.3, 0.4) is 0 Å². The zero-order chi connectivity index (χ0) is 15.4. The highest BCUT2D eigenvalue weighted by atomic mass is 127. The van der Waals surface area contributed by atoms with Crippen LogP contribution in [-0.2, 0) is 6.61 Å². The number of hydrogen-bond acceptors (Lipinski definition) is 4. The van der Waals surface area contributed by atoms with Crippen molar-refractivity contribution < 1.29 is 4.74 Å². The highest BCUT2D eigenvalue weighted by Crippen LogP contribution is 2.19. The molecular weight excluding hydrogens is 405 g/mol. The average molecular weight is 418 g/mol. The predicted octanol–water partition coefficient (Wildman–Crippen LogP) is 3.36. The Balaban J connectivity index is 2.18. The van der Waals surface area contributed by atoms with Crippen molar-refractivity contribution in [3.05, 3.63) is 54.7 Å². The second-order valence-corrected chi connectivity index (χ2v) is 6.04. The van der Waals surface area contributed by atoms with E-state index in [0.717, 1.165) is 14.8 Å². The number of nitrogens with zero attached hydrogens (tertiary/aromatic N) is 3. The van der Waals surface area contributed by atoms with Crippen LogP contribution in [0.2, 0.25) is 5.02 Å². The SMILES string of the molecule is CC(C)=Cn1ncc(OCc2ccc(I)nc2)c(Cl)c1=O. The van der Waals surface area contributed by atoms with Crippen molar-refractivity contribution in [2.75, 3.05) is 0 Å². The van der Waals surface area contributed by atoms with Crippen molar-refractivity contribution in [2.24, 2.45) is 0 Å². The molecule has 2 aromatic heterocycles. The zero-order valence-corrected chi connectivity index (χ0v) is 14.4. The third-order valence-corrected chi connectivity index (χ3v) is 3.46. The van der Waals surface area contributed by atoms with Gasteiger partial charge in [0.25, 0.3) is 5.56 Å². The molecule has 21 heavy (non-hydrogen) atoms. The molecule has 0 unspecified atom stereocenters. The standard InChI is InChI=1S/C14H13ClIN3O2/c1-9(2)7-19-14(20)13(15)11(6-18-19)21-8-10-3-4-12(16)17-5-10/h3-7H,8H2,1-2H3. The summed E-state index contributed by atoms with van der Waals surface area (Å²) in [5.41, 5.74) is 1.43. The van der Waals surface area contributed by atoms with Gasteiger partial charge in [-0.05, 0) is 42.5 Å². The fourth-order valence-corrected chi connectivity index (χ4v) is 2.03. The Hall–Kier alpha value is -1.41. The quantitative estimate of drug-likeness (QED) is 0.565. The molecule has 0 amide bonds. The van der Waals surface area contributed by atoms with Crippen LogP contribution in [0.15, 0.2) is 34.9 Å². The molecule has 0 N–H and O–H groups in total. The van der Waals surface area contributed by atoms with Crippen LogP contribution in [0.5, 0.6) is 5.75 Å². The van der Waals surface area contributed by atoms with Crippen LogP contribution in [0.4, 0.5) is 0 Å². The number of allylic oxidation sites excluding steroid dienone is 1. The second-order valence-electron chi connectivity index (χ2n) is 4.56. The van der Waals surface area contributed by atoms with Gasteiger partial charge in [-0.3, -0.25) is 4.79 Å². The van der Waals surface area contributed by atoms with Gasteiger partial charge in [0.2, 0.25) is 0 Å². The van der Waals surface area contributed by atoms with Crippen LogP contribution in [0.1, 0.15) is 19.4 Å². The molecule has 2 heterocycles. The number of halogens is 2. The molecule has 0 aliphatic rings. The van der Waals surface area contributed by atoms with Gasteiger partial charge in [-0.25, -0.2) is 9.67 Å². The summed E-state index contributed by atoms with van der Waals surface area (Å²) in [6.07, 6.45) is 4.76. The van der Waals surface area contributed by atoms with Crippen molar-refractivity contribution in [1.29, 1.82) is 0 Å². The Bertz CT molecular complexity index is 722. The molecule has 2 rings (SSSR count). The molecule has 110 valence electrons. The maximum atomic E-state index is 12.0. The topological polar surface area (TPSA) is 57.0 Å². The molecule has 7 heteroatoms. The van der Waals surface area contributed by atoms with E-state index in [4.69, 9.17) is 16.3 Å². The Morgan fingerprint density at radius 2 is 2.19 bits per heavy atom. The maximum Gasteiger partial charge on any atom is 0.293 e. The lowest BCUT2D eigenvalue weighted by molar-refractivity contribution is 0.303. The largest absolute Gasteiger partial charge is 0.485 e. The normalized spacial score (nSPS) is 10.3. The van der Waals surface area contributed by atoms with Gasteiger partial charge in [0, 0.05) is 18.0 Å². The van der Waals surface area contributed by atoms with E-state index >= 15 is 0 Å².